The van der Waals surface area contributed by atoms with Crippen LogP contribution < -0.4 is 10.4 Å². The van der Waals surface area contributed by atoms with Crippen LogP contribution >= 0.6 is 0 Å². The number of aryl methyl sites for hydroxylation is 1. The number of nitrogens with zero attached hydrogens (tertiary/aromatic N) is 2. The van der Waals surface area contributed by atoms with E-state index in [1.54, 1.807) is 25.1 Å². The van der Waals surface area contributed by atoms with Crippen LogP contribution in [0.1, 0.15) is 22.5 Å². The van der Waals surface area contributed by atoms with Crippen LogP contribution in [0.25, 0.3) is 11.0 Å². The molecule has 2 aromatic carbocycles. The summed E-state index contributed by atoms with van der Waals surface area (Å²) < 4.78 is 28.7. The zero-order chi connectivity index (χ0) is 19.7. The van der Waals surface area contributed by atoms with Gasteiger partial charge in [0.25, 0.3) is 0 Å². The van der Waals surface area contributed by atoms with Crippen molar-refractivity contribution in [1.82, 2.24) is 10.1 Å². The maximum atomic E-state index is 13.0. The number of hydrogen-bond donors (Lipinski definition) is 1. The van der Waals surface area contributed by atoms with Crippen LogP contribution in [0.5, 0.6) is 11.8 Å². The Kier molecular flexibility index (Phi) is 4.52. The molecular formula is C20H15FN2O5. The fraction of sp³-hybridized carbons (Fsp3) is 0.150. The van der Waals surface area contributed by atoms with Crippen molar-refractivity contribution in [2.45, 2.75) is 20.0 Å². The van der Waals surface area contributed by atoms with Gasteiger partial charge < -0.3 is 14.3 Å². The first-order chi connectivity index (χ1) is 13.5. The summed E-state index contributed by atoms with van der Waals surface area (Å²) in [7, 11) is 0. The Balaban J connectivity index is 1.52. The molecule has 8 heteroatoms. The molecular weight excluding hydrogens is 367 g/mol. The summed E-state index contributed by atoms with van der Waals surface area (Å²) in [4.78, 5) is 16.0. The van der Waals surface area contributed by atoms with Crippen molar-refractivity contribution < 1.29 is 23.2 Å². The molecule has 1 N–H and O–H groups in total. The second kappa shape index (κ2) is 7.15. The highest BCUT2D eigenvalue weighted by Crippen LogP contribution is 2.27. The predicted octanol–water partition coefficient (Wildman–Crippen LogP) is 3.50. The zero-order valence-electron chi connectivity index (χ0n) is 14.8. The highest BCUT2D eigenvalue weighted by atomic mass is 19.1. The second-order valence-corrected chi connectivity index (χ2v) is 6.25. The topological polar surface area (TPSA) is 98.6 Å². The van der Waals surface area contributed by atoms with Gasteiger partial charge in [-0.3, -0.25) is 4.52 Å². The molecule has 0 saturated carbocycles. The van der Waals surface area contributed by atoms with Gasteiger partial charge in [-0.15, -0.1) is 0 Å². The van der Waals surface area contributed by atoms with E-state index in [9.17, 15) is 14.3 Å². The van der Waals surface area contributed by atoms with Gasteiger partial charge >= 0.3 is 11.7 Å². The average molecular weight is 382 g/mol. The van der Waals surface area contributed by atoms with Crippen molar-refractivity contribution in [3.63, 3.8) is 0 Å². The summed E-state index contributed by atoms with van der Waals surface area (Å²) >= 11 is 0. The van der Waals surface area contributed by atoms with Crippen LogP contribution in [0.15, 0.2) is 56.2 Å². The molecule has 142 valence electrons. The predicted molar refractivity (Wildman–Crippen MR) is 96.7 cm³/mol. The van der Waals surface area contributed by atoms with E-state index in [0.717, 1.165) is 5.56 Å². The number of phenolic OH excluding ortho intramolecular Hbond substituents is 1. The van der Waals surface area contributed by atoms with E-state index in [1.165, 1.54) is 24.3 Å². The van der Waals surface area contributed by atoms with Crippen molar-refractivity contribution in [2.75, 3.05) is 0 Å². The SMILES string of the molecule is Cc1c(O)ccc2c(COc3nc(Cc4ccc(F)cc4)no3)cc(=O)oc12. The lowest BCUT2D eigenvalue weighted by Gasteiger charge is -2.07. The standard InChI is InChI=1S/C20H15FN2O5/c1-11-16(24)7-6-15-13(9-18(25)27-19(11)15)10-26-20-22-17(23-28-20)8-12-2-4-14(21)5-3-12/h2-7,9,24H,8,10H2,1H3. The molecule has 0 fully saturated rings. The molecule has 0 bridgehead atoms. The van der Waals surface area contributed by atoms with Crippen LogP contribution in [-0.2, 0) is 13.0 Å². The van der Waals surface area contributed by atoms with Crippen LogP contribution in [0.3, 0.4) is 0 Å². The molecule has 0 saturated heterocycles. The van der Waals surface area contributed by atoms with Crippen molar-refractivity contribution in [3.05, 3.63) is 81.2 Å². The van der Waals surface area contributed by atoms with Gasteiger partial charge in [0, 0.05) is 29.0 Å². The Labute approximate surface area is 158 Å². The molecule has 4 aromatic rings. The Morgan fingerprint density at radius 1 is 1.18 bits per heavy atom. The molecule has 0 aliphatic carbocycles. The van der Waals surface area contributed by atoms with Crippen LogP contribution in [0.2, 0.25) is 0 Å². The Morgan fingerprint density at radius 3 is 2.75 bits per heavy atom. The summed E-state index contributed by atoms with van der Waals surface area (Å²) in [6.45, 7) is 1.66. The van der Waals surface area contributed by atoms with Crippen molar-refractivity contribution in [1.29, 1.82) is 0 Å². The third kappa shape index (κ3) is 3.57. The average Bonchev–Trinajstić information content (AvgIpc) is 3.12. The van der Waals surface area contributed by atoms with Crippen molar-refractivity contribution in [3.8, 4) is 11.8 Å². The lowest BCUT2D eigenvalue weighted by molar-refractivity contribution is 0.195. The van der Waals surface area contributed by atoms with E-state index in [1.807, 2.05) is 0 Å². The van der Waals surface area contributed by atoms with Gasteiger partial charge in [0.05, 0.1) is 0 Å². The number of ether oxygens (including phenoxy) is 1. The maximum absolute atomic E-state index is 13.0. The van der Waals surface area contributed by atoms with Gasteiger partial charge in [0.2, 0.25) is 0 Å². The Hall–Kier alpha value is -3.68. The Bertz CT molecular complexity index is 1200. The highest BCUT2D eigenvalue weighted by Gasteiger charge is 2.13. The molecule has 2 aromatic heterocycles. The number of phenols is 1. The number of halogens is 1. The molecule has 0 unspecified atom stereocenters. The van der Waals surface area contributed by atoms with Crippen LogP contribution in [0, 0.1) is 12.7 Å². The number of aromatic nitrogens is 2. The minimum Gasteiger partial charge on any atom is -0.508 e. The first-order valence-corrected chi connectivity index (χ1v) is 8.45. The minimum atomic E-state index is -0.553. The molecule has 0 aliphatic heterocycles. The van der Waals surface area contributed by atoms with Crippen LogP contribution in [0.4, 0.5) is 4.39 Å². The third-order valence-corrected chi connectivity index (χ3v) is 4.29. The molecule has 4 rings (SSSR count). The number of fused-ring (bicyclic) bond motifs is 1. The number of benzene rings is 2. The first kappa shape index (κ1) is 17.7. The molecule has 0 atom stereocenters. The number of hydrogen-bond acceptors (Lipinski definition) is 7. The molecule has 7 nitrogen and oxygen atoms in total. The maximum Gasteiger partial charge on any atom is 0.417 e. The fourth-order valence-corrected chi connectivity index (χ4v) is 2.83. The molecule has 0 radical (unpaired) electrons. The van der Waals surface area contributed by atoms with Gasteiger partial charge in [-0.1, -0.05) is 17.3 Å². The van der Waals surface area contributed by atoms with Crippen molar-refractivity contribution in [2.24, 2.45) is 0 Å². The highest BCUT2D eigenvalue weighted by molar-refractivity contribution is 5.84. The van der Waals surface area contributed by atoms with Crippen molar-refractivity contribution >= 4 is 11.0 Å². The first-order valence-electron chi connectivity index (χ1n) is 8.45. The lowest BCUT2D eigenvalue weighted by Crippen LogP contribution is -2.05. The second-order valence-electron chi connectivity index (χ2n) is 6.25. The minimum absolute atomic E-state index is 0.00446. The summed E-state index contributed by atoms with van der Waals surface area (Å²) in [6, 6.07) is 10.5. The van der Waals surface area contributed by atoms with E-state index in [4.69, 9.17) is 13.7 Å². The van der Waals surface area contributed by atoms with E-state index in [0.29, 0.717) is 34.3 Å². The normalized spacial score (nSPS) is 11.1. The number of aromatic hydroxyl groups is 1. The summed E-state index contributed by atoms with van der Waals surface area (Å²) in [5, 5.41) is 14.3. The lowest BCUT2D eigenvalue weighted by atomic mass is 10.1. The van der Waals surface area contributed by atoms with E-state index in [2.05, 4.69) is 10.1 Å². The summed E-state index contributed by atoms with van der Waals surface area (Å²) in [5.74, 6) is 0.111. The van der Waals surface area contributed by atoms with Gasteiger partial charge in [-0.25, -0.2) is 9.18 Å². The molecule has 28 heavy (non-hydrogen) atoms. The third-order valence-electron chi connectivity index (χ3n) is 4.29. The van der Waals surface area contributed by atoms with Gasteiger partial charge in [-0.2, -0.15) is 4.98 Å². The largest absolute Gasteiger partial charge is 0.508 e. The monoisotopic (exact) mass is 382 g/mol. The van der Waals surface area contributed by atoms with E-state index in [-0.39, 0.29) is 24.3 Å². The quantitative estimate of drug-likeness (QED) is 0.528. The van der Waals surface area contributed by atoms with Gasteiger partial charge in [0.1, 0.15) is 23.8 Å². The smallest absolute Gasteiger partial charge is 0.417 e. The molecule has 0 aliphatic rings. The molecule has 0 amide bonds. The Morgan fingerprint density at radius 2 is 1.96 bits per heavy atom. The summed E-state index contributed by atoms with van der Waals surface area (Å²) in [5.41, 5.74) is 1.61. The summed E-state index contributed by atoms with van der Waals surface area (Å²) in [6.07, 6.45) is 0.317. The van der Waals surface area contributed by atoms with E-state index >= 15 is 0 Å². The number of rotatable bonds is 5. The van der Waals surface area contributed by atoms with E-state index < -0.39 is 5.63 Å². The fourth-order valence-electron chi connectivity index (χ4n) is 2.83. The van der Waals surface area contributed by atoms with Crippen LogP contribution in [-0.4, -0.2) is 15.2 Å². The van der Waals surface area contributed by atoms with Gasteiger partial charge in [0.15, 0.2) is 5.82 Å². The zero-order valence-corrected chi connectivity index (χ0v) is 14.8. The molecule has 0 spiro atoms. The van der Waals surface area contributed by atoms with Gasteiger partial charge in [-0.05, 0) is 36.8 Å². The molecule has 2 heterocycles.